The number of phosphoric acid groups is 3. The van der Waals surface area contributed by atoms with Crippen LogP contribution < -0.4 is 11.4 Å². The van der Waals surface area contributed by atoms with Gasteiger partial charge in [-0.1, -0.05) is 0 Å². The standard InChI is InChI=1S/C8H12N4O4.3H3O4P/c9-7-10-3-12(8(15)11-7)6-1-4(14)5(2-13)16-6;3*1-5(2,3)4/h3-6,13-14H,1-2H2,(H2,9,11,15);3*(H3,1,2,3,4)/t4-,5+,6+;;;/m0.../s1. The van der Waals surface area contributed by atoms with Crippen LogP contribution in [0.1, 0.15) is 12.6 Å². The zero-order valence-electron chi connectivity index (χ0n) is 14.9. The fraction of sp³-hybridized carbons (Fsp3) is 0.625. The van der Waals surface area contributed by atoms with Gasteiger partial charge in [0, 0.05) is 6.42 Å². The maximum absolute atomic E-state index is 11.4. The number of nitrogen functional groups attached to an aromatic ring is 1. The molecule has 3 atom stereocenters. The number of nitrogens with two attached hydrogens (primary N) is 1. The normalized spacial score (nSPS) is 20.9. The van der Waals surface area contributed by atoms with Crippen molar-refractivity contribution in [2.24, 2.45) is 0 Å². The summed E-state index contributed by atoms with van der Waals surface area (Å²) in [6.45, 7) is -0.303. The van der Waals surface area contributed by atoms with Gasteiger partial charge in [-0.05, 0) is 0 Å². The number of rotatable bonds is 2. The maximum Gasteiger partial charge on any atom is 0.466 e. The Morgan fingerprint density at radius 3 is 1.68 bits per heavy atom. The van der Waals surface area contributed by atoms with Crippen molar-refractivity contribution in [1.29, 1.82) is 0 Å². The third-order valence-electron chi connectivity index (χ3n) is 2.44. The quantitative estimate of drug-likeness (QED) is 0.162. The second-order valence-corrected chi connectivity index (χ2v) is 8.14. The molecule has 23 heteroatoms. The van der Waals surface area contributed by atoms with Gasteiger partial charge in [0.15, 0.2) is 0 Å². The Hall–Kier alpha value is -1.18. The zero-order valence-corrected chi connectivity index (χ0v) is 17.6. The van der Waals surface area contributed by atoms with Gasteiger partial charge < -0.3 is 64.7 Å². The molecule has 0 unspecified atom stereocenters. The summed E-state index contributed by atoms with van der Waals surface area (Å²) in [6, 6.07) is 0. The topological polar surface area (TPSA) is 357 Å². The molecule has 0 amide bonds. The Labute approximate surface area is 171 Å². The molecule has 0 bridgehead atoms. The zero-order chi connectivity index (χ0) is 25.2. The molecule has 0 spiro atoms. The molecular weight excluding hydrogens is 501 g/mol. The van der Waals surface area contributed by atoms with Crippen LogP contribution in [-0.4, -0.2) is 87.6 Å². The summed E-state index contributed by atoms with van der Waals surface area (Å²) in [4.78, 5) is 83.2. The van der Waals surface area contributed by atoms with E-state index in [0.29, 0.717) is 0 Å². The maximum atomic E-state index is 11.4. The van der Waals surface area contributed by atoms with Crippen LogP contribution in [0.3, 0.4) is 0 Å². The molecule has 13 N–H and O–H groups in total. The van der Waals surface area contributed by atoms with Crippen molar-refractivity contribution in [3.05, 3.63) is 16.8 Å². The van der Waals surface area contributed by atoms with Crippen LogP contribution in [0, 0.1) is 0 Å². The number of hydrogen-bond acceptors (Lipinski definition) is 10. The summed E-state index contributed by atoms with van der Waals surface area (Å²) in [5, 5.41) is 18.4. The Morgan fingerprint density at radius 1 is 1.00 bits per heavy atom. The molecule has 1 aliphatic rings. The molecule has 1 aromatic rings. The lowest BCUT2D eigenvalue weighted by molar-refractivity contribution is -0.0462. The monoisotopic (exact) mass is 522 g/mol. The van der Waals surface area contributed by atoms with Gasteiger partial charge in [0.25, 0.3) is 0 Å². The van der Waals surface area contributed by atoms with E-state index in [-0.39, 0.29) is 19.0 Å². The van der Waals surface area contributed by atoms with Gasteiger partial charge in [0.05, 0.1) is 12.7 Å². The number of hydrogen-bond donors (Lipinski definition) is 12. The van der Waals surface area contributed by atoms with E-state index in [1.54, 1.807) is 0 Å². The van der Waals surface area contributed by atoms with Gasteiger partial charge in [-0.25, -0.2) is 23.5 Å². The Balaban J connectivity index is 0. The van der Waals surface area contributed by atoms with Gasteiger partial charge in [-0.2, -0.15) is 4.98 Å². The van der Waals surface area contributed by atoms with Gasteiger partial charge in [0.2, 0.25) is 5.95 Å². The summed E-state index contributed by atoms with van der Waals surface area (Å²) in [6.07, 6.45) is -0.741. The van der Waals surface area contributed by atoms with Crippen LogP contribution in [0.2, 0.25) is 0 Å². The molecular formula is C8H21N4O16P3. The fourth-order valence-electron chi connectivity index (χ4n) is 1.60. The van der Waals surface area contributed by atoms with Crippen molar-refractivity contribution in [1.82, 2.24) is 14.5 Å². The number of anilines is 1. The second-order valence-electron chi connectivity index (χ2n) is 5.06. The first kappa shape index (κ1) is 32.0. The third kappa shape index (κ3) is 23.3. The summed E-state index contributed by atoms with van der Waals surface area (Å²) in [7, 11) is -13.9. The highest BCUT2D eigenvalue weighted by Crippen LogP contribution is 2.27. The van der Waals surface area contributed by atoms with E-state index in [2.05, 4.69) is 9.97 Å². The minimum absolute atomic E-state index is 0.112. The minimum atomic E-state index is -4.64. The van der Waals surface area contributed by atoms with Gasteiger partial charge in [0.1, 0.15) is 18.7 Å². The summed E-state index contributed by atoms with van der Waals surface area (Å²) in [5.41, 5.74) is 4.65. The molecule has 0 aromatic carbocycles. The van der Waals surface area contributed by atoms with Crippen LogP contribution in [-0.2, 0) is 18.4 Å². The SMILES string of the molecule is Nc1ncn([C@H]2C[C@H](O)[C@@H](CO)O2)c(=O)n1.O=P(O)(O)O.O=P(O)(O)O.O=P(O)(O)O. The lowest BCUT2D eigenvalue weighted by atomic mass is 10.2. The first-order valence-electron chi connectivity index (χ1n) is 7.11. The van der Waals surface area contributed by atoms with Crippen LogP contribution >= 0.6 is 23.5 Å². The molecule has 2 heterocycles. The fourth-order valence-corrected chi connectivity index (χ4v) is 1.60. The summed E-state index contributed by atoms with van der Waals surface area (Å²) in [5.74, 6) is -0.112. The lowest BCUT2D eigenvalue weighted by Gasteiger charge is -2.13. The molecule has 20 nitrogen and oxygen atoms in total. The summed E-state index contributed by atoms with van der Waals surface area (Å²) >= 11 is 0. The van der Waals surface area contributed by atoms with Crippen LogP contribution in [0.15, 0.2) is 11.1 Å². The predicted octanol–water partition coefficient (Wildman–Crippen LogP) is -4.92. The highest BCUT2D eigenvalue weighted by atomic mass is 31.2. The minimum Gasteiger partial charge on any atom is -0.394 e. The van der Waals surface area contributed by atoms with E-state index in [0.717, 1.165) is 4.57 Å². The summed E-state index contributed by atoms with van der Waals surface area (Å²) < 4.78 is 33.1. The van der Waals surface area contributed by atoms with Crippen molar-refractivity contribution >= 4 is 29.4 Å². The predicted molar refractivity (Wildman–Crippen MR) is 95.1 cm³/mol. The molecule has 1 saturated heterocycles. The van der Waals surface area contributed by atoms with Crippen LogP contribution in [0.4, 0.5) is 5.95 Å². The molecule has 31 heavy (non-hydrogen) atoms. The van der Waals surface area contributed by atoms with Gasteiger partial charge >= 0.3 is 29.2 Å². The van der Waals surface area contributed by atoms with Crippen molar-refractivity contribution in [3.63, 3.8) is 0 Å². The Kier molecular flexibility index (Phi) is 13.8. The van der Waals surface area contributed by atoms with Gasteiger partial charge in [-0.15, -0.1) is 0 Å². The number of aromatic nitrogens is 3. The second kappa shape index (κ2) is 13.4. The molecule has 0 saturated carbocycles. The van der Waals surface area contributed by atoms with Crippen LogP contribution in [0.25, 0.3) is 0 Å². The molecule has 0 aliphatic carbocycles. The largest absolute Gasteiger partial charge is 0.466 e. The first-order valence-corrected chi connectivity index (χ1v) is 11.8. The van der Waals surface area contributed by atoms with Crippen molar-refractivity contribution in [2.75, 3.05) is 12.3 Å². The smallest absolute Gasteiger partial charge is 0.394 e. The molecule has 1 aromatic heterocycles. The highest BCUT2D eigenvalue weighted by Gasteiger charge is 2.35. The van der Waals surface area contributed by atoms with Crippen molar-refractivity contribution in [2.45, 2.75) is 24.9 Å². The highest BCUT2D eigenvalue weighted by molar-refractivity contribution is 7.45. The van der Waals surface area contributed by atoms with E-state index in [1.807, 2.05) is 0 Å². The number of ether oxygens (including phenoxy) is 1. The average Bonchev–Trinajstić information content (AvgIpc) is 2.82. The molecule has 1 fully saturated rings. The van der Waals surface area contributed by atoms with Crippen LogP contribution in [0.5, 0.6) is 0 Å². The Morgan fingerprint density at radius 2 is 1.39 bits per heavy atom. The van der Waals surface area contributed by atoms with E-state index in [4.69, 9.17) is 73.3 Å². The van der Waals surface area contributed by atoms with E-state index in [9.17, 15) is 9.90 Å². The number of aliphatic hydroxyl groups is 2. The number of nitrogens with zero attached hydrogens (tertiary/aromatic N) is 3. The molecule has 2 rings (SSSR count). The van der Waals surface area contributed by atoms with E-state index < -0.39 is 47.6 Å². The Bertz CT molecular complexity index is 788. The average molecular weight is 522 g/mol. The molecule has 1 aliphatic heterocycles. The third-order valence-corrected chi connectivity index (χ3v) is 2.44. The van der Waals surface area contributed by atoms with Gasteiger partial charge in [-0.3, -0.25) is 4.57 Å². The number of aliphatic hydroxyl groups excluding tert-OH is 2. The van der Waals surface area contributed by atoms with Crippen molar-refractivity contribution < 1.29 is 72.7 Å². The first-order chi connectivity index (χ1) is 13.6. The van der Waals surface area contributed by atoms with Crippen molar-refractivity contribution in [3.8, 4) is 0 Å². The van der Waals surface area contributed by atoms with E-state index >= 15 is 0 Å². The van der Waals surface area contributed by atoms with E-state index in [1.165, 1.54) is 6.33 Å². The molecule has 0 radical (unpaired) electrons. The molecule has 184 valence electrons. The lowest BCUT2D eigenvalue weighted by Crippen LogP contribution is -2.28.